The lowest BCUT2D eigenvalue weighted by atomic mass is 10.1. The van der Waals surface area contributed by atoms with E-state index in [2.05, 4.69) is 15.5 Å². The zero-order valence-corrected chi connectivity index (χ0v) is 19.2. The maximum absolute atomic E-state index is 13.4. The van der Waals surface area contributed by atoms with Crippen molar-refractivity contribution < 1.29 is 14.3 Å². The maximum Gasteiger partial charge on any atom is 0.295 e. The fraction of sp³-hybridized carbons (Fsp3) is 0.280. The van der Waals surface area contributed by atoms with Crippen LogP contribution in [-0.4, -0.2) is 32.3 Å². The lowest BCUT2D eigenvalue weighted by molar-refractivity contribution is -0.125. The largest absolute Gasteiger partial charge is 0.454 e. The van der Waals surface area contributed by atoms with Crippen molar-refractivity contribution in [2.45, 2.75) is 39.8 Å². The Bertz CT molecular complexity index is 1440. The number of para-hydroxylation sites is 1. The van der Waals surface area contributed by atoms with Crippen LogP contribution < -0.4 is 20.3 Å². The van der Waals surface area contributed by atoms with Crippen molar-refractivity contribution >= 4 is 16.8 Å². The summed E-state index contributed by atoms with van der Waals surface area (Å²) >= 11 is 0. The van der Waals surface area contributed by atoms with Crippen LogP contribution in [0.3, 0.4) is 0 Å². The number of ether oxygens (including phenoxy) is 2. The molecule has 0 bridgehead atoms. The molecule has 9 heteroatoms. The van der Waals surface area contributed by atoms with Crippen molar-refractivity contribution in [2.24, 2.45) is 0 Å². The summed E-state index contributed by atoms with van der Waals surface area (Å²) in [6, 6.07) is 14.4. The summed E-state index contributed by atoms with van der Waals surface area (Å²) in [7, 11) is 0. The highest BCUT2D eigenvalue weighted by Crippen LogP contribution is 2.32. The summed E-state index contributed by atoms with van der Waals surface area (Å²) in [5, 5.41) is 12.7. The average molecular weight is 460 g/mol. The van der Waals surface area contributed by atoms with Crippen LogP contribution in [-0.2, 0) is 11.3 Å². The number of rotatable bonds is 6. The van der Waals surface area contributed by atoms with E-state index in [1.807, 2.05) is 69.3 Å². The van der Waals surface area contributed by atoms with Crippen molar-refractivity contribution in [3.8, 4) is 17.2 Å². The van der Waals surface area contributed by atoms with Gasteiger partial charge in [-0.3, -0.25) is 9.59 Å². The van der Waals surface area contributed by atoms with E-state index in [0.29, 0.717) is 41.1 Å². The molecule has 2 aromatic carbocycles. The monoisotopic (exact) mass is 459 g/mol. The topological polar surface area (TPSA) is 100 Å². The molecule has 1 N–H and O–H groups in total. The van der Waals surface area contributed by atoms with Crippen molar-refractivity contribution in [1.29, 1.82) is 0 Å². The average Bonchev–Trinajstić information content (AvgIpc) is 3.46. The number of amides is 1. The molecule has 0 spiro atoms. The minimum atomic E-state index is -0.758. The first kappa shape index (κ1) is 21.7. The smallest absolute Gasteiger partial charge is 0.295 e. The Morgan fingerprint density at radius 1 is 1.09 bits per heavy atom. The summed E-state index contributed by atoms with van der Waals surface area (Å²) in [6.07, 6.45) is 0.406. The Morgan fingerprint density at radius 2 is 1.85 bits per heavy atom. The van der Waals surface area contributed by atoms with Gasteiger partial charge in [0.2, 0.25) is 12.7 Å². The second-order valence-corrected chi connectivity index (χ2v) is 8.22. The highest BCUT2D eigenvalue weighted by Gasteiger charge is 2.25. The normalized spacial score (nSPS) is 13.3. The Morgan fingerprint density at radius 3 is 2.62 bits per heavy atom. The number of aryl methyl sites for hydroxylation is 2. The van der Waals surface area contributed by atoms with E-state index in [1.54, 1.807) is 4.68 Å². The third kappa shape index (κ3) is 3.68. The summed E-state index contributed by atoms with van der Waals surface area (Å²) in [5.41, 5.74) is 3.12. The first-order chi connectivity index (χ1) is 16.5. The number of hydrogen-bond donors (Lipinski definition) is 1. The molecule has 0 unspecified atom stereocenters. The molecule has 3 heterocycles. The molecule has 0 saturated carbocycles. The van der Waals surface area contributed by atoms with Crippen LogP contribution >= 0.6 is 0 Å². The van der Waals surface area contributed by atoms with Crippen LogP contribution in [0.1, 0.15) is 36.3 Å². The van der Waals surface area contributed by atoms with Gasteiger partial charge >= 0.3 is 0 Å². The van der Waals surface area contributed by atoms with E-state index in [4.69, 9.17) is 9.47 Å². The summed E-state index contributed by atoms with van der Waals surface area (Å²) in [5.74, 6) is 1.06. The number of nitrogens with one attached hydrogen (secondary N) is 1. The van der Waals surface area contributed by atoms with Crippen LogP contribution in [0.4, 0.5) is 0 Å². The first-order valence-corrected chi connectivity index (χ1v) is 11.2. The third-order valence-corrected chi connectivity index (χ3v) is 6.04. The molecule has 1 aliphatic heterocycles. The predicted molar refractivity (Wildman–Crippen MR) is 126 cm³/mol. The molecule has 2 aromatic heterocycles. The van der Waals surface area contributed by atoms with Gasteiger partial charge in [0.15, 0.2) is 17.0 Å². The molecule has 1 amide bonds. The van der Waals surface area contributed by atoms with Crippen LogP contribution in [0.15, 0.2) is 53.3 Å². The first-order valence-electron chi connectivity index (χ1n) is 11.2. The molecule has 0 radical (unpaired) electrons. The summed E-state index contributed by atoms with van der Waals surface area (Å²) < 4.78 is 13.7. The second kappa shape index (κ2) is 8.66. The third-order valence-electron chi connectivity index (χ3n) is 6.04. The van der Waals surface area contributed by atoms with Crippen molar-refractivity contribution in [3.63, 3.8) is 0 Å². The zero-order valence-electron chi connectivity index (χ0n) is 19.2. The van der Waals surface area contributed by atoms with Crippen LogP contribution in [0.5, 0.6) is 11.5 Å². The van der Waals surface area contributed by atoms with Gasteiger partial charge in [0.25, 0.3) is 5.56 Å². The molecule has 4 aromatic rings. The second-order valence-electron chi connectivity index (χ2n) is 8.22. The number of nitrogens with zero attached hydrogens (tertiary/aromatic N) is 4. The molecule has 1 atom stereocenters. The Hall–Kier alpha value is -4.14. The molecular weight excluding hydrogens is 434 g/mol. The highest BCUT2D eigenvalue weighted by molar-refractivity contribution is 5.84. The SMILES string of the molecule is CC[C@H](C(=O)NCc1ccc2c(c1)OCO2)n1nc(C)c2c(C)n(-c3ccccc3)nc2c1=O. The standard InChI is InChI=1S/C25H25N5O4/c1-4-19(24(31)26-13-17-10-11-20-21(12-17)34-14-33-20)30-25(32)23-22(15(2)27-30)16(3)29(28-23)18-8-6-5-7-9-18/h5-12,19H,4,13-14H2,1-3H3,(H,26,31)/t19-/m1/s1. The molecule has 174 valence electrons. The lowest BCUT2D eigenvalue weighted by Crippen LogP contribution is -2.38. The van der Waals surface area contributed by atoms with E-state index in [1.165, 1.54) is 4.68 Å². The van der Waals surface area contributed by atoms with Crippen molar-refractivity contribution in [1.82, 2.24) is 24.9 Å². The molecular formula is C25H25N5O4. The van der Waals surface area contributed by atoms with Gasteiger partial charge in [-0.1, -0.05) is 31.2 Å². The fourth-order valence-corrected chi connectivity index (χ4v) is 4.31. The van der Waals surface area contributed by atoms with Crippen LogP contribution in [0, 0.1) is 13.8 Å². The quantitative estimate of drug-likeness (QED) is 0.475. The van der Waals surface area contributed by atoms with Gasteiger partial charge < -0.3 is 14.8 Å². The van der Waals surface area contributed by atoms with E-state index >= 15 is 0 Å². The van der Waals surface area contributed by atoms with Gasteiger partial charge in [0.1, 0.15) is 6.04 Å². The van der Waals surface area contributed by atoms with E-state index in [-0.39, 0.29) is 18.3 Å². The number of aromatic nitrogens is 4. The van der Waals surface area contributed by atoms with Gasteiger partial charge in [-0.25, -0.2) is 9.36 Å². The molecule has 1 aliphatic rings. The van der Waals surface area contributed by atoms with E-state index in [9.17, 15) is 9.59 Å². The van der Waals surface area contributed by atoms with Gasteiger partial charge in [0, 0.05) is 6.54 Å². The lowest BCUT2D eigenvalue weighted by Gasteiger charge is -2.17. The molecule has 0 aliphatic carbocycles. The molecule has 5 rings (SSSR count). The highest BCUT2D eigenvalue weighted by atomic mass is 16.7. The Labute approximate surface area is 195 Å². The molecule has 0 fully saturated rings. The minimum Gasteiger partial charge on any atom is -0.454 e. The van der Waals surface area contributed by atoms with E-state index in [0.717, 1.165) is 16.9 Å². The maximum atomic E-state index is 13.4. The summed E-state index contributed by atoms with van der Waals surface area (Å²) in [6.45, 7) is 6.09. The number of hydrogen-bond acceptors (Lipinski definition) is 6. The van der Waals surface area contributed by atoms with Crippen LogP contribution in [0.25, 0.3) is 16.6 Å². The van der Waals surface area contributed by atoms with Gasteiger partial charge in [-0.2, -0.15) is 10.2 Å². The van der Waals surface area contributed by atoms with Gasteiger partial charge in [-0.05, 0) is 50.1 Å². The minimum absolute atomic E-state index is 0.193. The predicted octanol–water partition coefficient (Wildman–Crippen LogP) is 3.20. The zero-order chi connectivity index (χ0) is 23.8. The number of benzene rings is 2. The summed E-state index contributed by atoms with van der Waals surface area (Å²) in [4.78, 5) is 26.5. The molecule has 34 heavy (non-hydrogen) atoms. The van der Waals surface area contributed by atoms with Gasteiger partial charge in [0.05, 0.1) is 22.5 Å². The number of fused-ring (bicyclic) bond motifs is 2. The Kier molecular flexibility index (Phi) is 5.53. The fourth-order valence-electron chi connectivity index (χ4n) is 4.31. The molecule has 9 nitrogen and oxygen atoms in total. The Balaban J connectivity index is 1.45. The van der Waals surface area contributed by atoms with Gasteiger partial charge in [-0.15, -0.1) is 0 Å². The number of carbonyl (C=O) groups excluding carboxylic acids is 1. The van der Waals surface area contributed by atoms with Crippen LogP contribution in [0.2, 0.25) is 0 Å². The molecule has 0 saturated heterocycles. The van der Waals surface area contributed by atoms with Crippen molar-refractivity contribution in [2.75, 3.05) is 6.79 Å². The van der Waals surface area contributed by atoms with E-state index < -0.39 is 6.04 Å². The van der Waals surface area contributed by atoms with Crippen molar-refractivity contribution in [3.05, 3.63) is 75.8 Å². The number of carbonyl (C=O) groups is 1.